The summed E-state index contributed by atoms with van der Waals surface area (Å²) in [6, 6.07) is 13.7. The smallest absolute Gasteiger partial charge is 0.261 e. The van der Waals surface area contributed by atoms with Gasteiger partial charge < -0.3 is 0 Å². The van der Waals surface area contributed by atoms with Gasteiger partial charge in [0.15, 0.2) is 0 Å². The highest BCUT2D eigenvalue weighted by Gasteiger charge is 2.32. The van der Waals surface area contributed by atoms with Crippen LogP contribution < -0.4 is 0 Å². The number of hydrogen-bond acceptors (Lipinski definition) is 4. The first-order valence-electron chi connectivity index (χ1n) is 7.26. The van der Waals surface area contributed by atoms with Crippen LogP contribution in [-0.4, -0.2) is 47.5 Å². The lowest BCUT2D eigenvalue weighted by Gasteiger charge is -2.02. The van der Waals surface area contributed by atoms with Crippen LogP contribution in [0.15, 0.2) is 48.5 Å². The average Bonchev–Trinajstić information content (AvgIpc) is 2.98. The van der Waals surface area contributed by atoms with Crippen molar-refractivity contribution in [3.8, 4) is 0 Å². The Kier molecular flexibility index (Phi) is 5.08. The summed E-state index contributed by atoms with van der Waals surface area (Å²) in [6.45, 7) is 0. The fourth-order valence-corrected chi connectivity index (χ4v) is 2.62. The van der Waals surface area contributed by atoms with E-state index in [0.29, 0.717) is 22.3 Å². The van der Waals surface area contributed by atoms with E-state index in [1.54, 1.807) is 48.5 Å². The van der Waals surface area contributed by atoms with Crippen molar-refractivity contribution in [1.82, 2.24) is 9.80 Å². The molecule has 0 aliphatic carbocycles. The quantitative estimate of drug-likeness (QED) is 0.676. The van der Waals surface area contributed by atoms with Crippen LogP contribution in [0.4, 0.5) is 0 Å². The van der Waals surface area contributed by atoms with Crippen LogP contribution in [0.25, 0.3) is 0 Å². The predicted molar refractivity (Wildman–Crippen MR) is 96.1 cm³/mol. The van der Waals surface area contributed by atoms with Crippen LogP contribution in [0.5, 0.6) is 0 Å². The second-order valence-corrected chi connectivity index (χ2v) is 5.43. The minimum Gasteiger partial charge on any atom is -0.277 e. The van der Waals surface area contributed by atoms with Crippen molar-refractivity contribution >= 4 is 37.1 Å². The summed E-state index contributed by atoms with van der Waals surface area (Å²) >= 11 is 0. The molecular weight excluding hydrogens is 340 g/mol. The van der Waals surface area contributed by atoms with Crippen LogP contribution in [0, 0.1) is 0 Å². The Morgan fingerprint density at radius 1 is 0.520 bits per heavy atom. The highest BCUT2D eigenvalue weighted by Crippen LogP contribution is 2.21. The van der Waals surface area contributed by atoms with Gasteiger partial charge in [0, 0.05) is 14.1 Å². The Hall–Kier alpha value is -2.93. The lowest BCUT2D eigenvalue weighted by atomic mass is 10.1. The molecule has 2 aromatic carbocycles. The van der Waals surface area contributed by atoms with Gasteiger partial charge in [-0.05, 0) is 24.3 Å². The molecule has 2 aromatic rings. The maximum Gasteiger partial charge on any atom is 0.261 e. The minimum atomic E-state index is -0.212. The van der Waals surface area contributed by atoms with Gasteiger partial charge >= 0.3 is 0 Å². The molecule has 0 N–H and O–H groups in total. The standard InChI is InChI=1S/2C9H7NO2.H2S/c2*1-10-8(11)6-4-2-3-5-7(6)9(10)12;/h2*2-5H,1H3;1H2. The van der Waals surface area contributed by atoms with Crippen LogP contribution in [0.2, 0.25) is 0 Å². The van der Waals surface area contributed by atoms with Gasteiger partial charge in [0.1, 0.15) is 0 Å². The molecule has 0 spiro atoms. The van der Waals surface area contributed by atoms with Crippen molar-refractivity contribution in [2.24, 2.45) is 0 Å². The van der Waals surface area contributed by atoms with E-state index in [1.807, 2.05) is 0 Å². The third-order valence-electron chi connectivity index (χ3n) is 3.99. The Morgan fingerprint density at radius 3 is 0.920 bits per heavy atom. The number of carbonyl (C=O) groups excluding carboxylic acids is 4. The second kappa shape index (κ2) is 6.90. The lowest BCUT2D eigenvalue weighted by Crippen LogP contribution is -2.24. The third-order valence-corrected chi connectivity index (χ3v) is 3.99. The van der Waals surface area contributed by atoms with E-state index in [-0.39, 0.29) is 37.1 Å². The van der Waals surface area contributed by atoms with Gasteiger partial charge in [-0.2, -0.15) is 13.5 Å². The largest absolute Gasteiger partial charge is 0.277 e. The summed E-state index contributed by atoms with van der Waals surface area (Å²) < 4.78 is 0. The molecule has 2 aliphatic rings. The monoisotopic (exact) mass is 356 g/mol. The van der Waals surface area contributed by atoms with Gasteiger partial charge in [-0.25, -0.2) is 0 Å². The zero-order valence-electron chi connectivity index (χ0n) is 13.6. The number of amides is 4. The summed E-state index contributed by atoms with van der Waals surface area (Å²) in [7, 11) is 2.98. The highest BCUT2D eigenvalue weighted by atomic mass is 32.1. The Balaban J connectivity index is 0.000000173. The first-order chi connectivity index (χ1) is 11.4. The Bertz CT molecular complexity index is 751. The summed E-state index contributed by atoms with van der Waals surface area (Å²) in [5, 5.41) is 0. The van der Waals surface area contributed by atoms with Crippen molar-refractivity contribution in [3.05, 3.63) is 70.8 Å². The van der Waals surface area contributed by atoms with E-state index in [0.717, 1.165) is 9.80 Å². The zero-order valence-corrected chi connectivity index (χ0v) is 14.6. The first-order valence-corrected chi connectivity index (χ1v) is 7.26. The second-order valence-electron chi connectivity index (χ2n) is 5.43. The van der Waals surface area contributed by atoms with E-state index in [4.69, 9.17) is 0 Å². The topological polar surface area (TPSA) is 74.8 Å². The normalized spacial score (nSPS) is 14.6. The van der Waals surface area contributed by atoms with Crippen molar-refractivity contribution in [2.45, 2.75) is 0 Å². The number of imide groups is 2. The average molecular weight is 356 g/mol. The van der Waals surface area contributed by atoms with E-state index < -0.39 is 0 Å². The molecule has 0 aromatic heterocycles. The number of carbonyl (C=O) groups is 4. The molecule has 0 bridgehead atoms. The maximum absolute atomic E-state index is 11.3. The molecule has 0 saturated carbocycles. The zero-order chi connectivity index (χ0) is 17.4. The van der Waals surface area contributed by atoms with Gasteiger partial charge in [0.25, 0.3) is 23.6 Å². The third kappa shape index (κ3) is 2.94. The van der Waals surface area contributed by atoms with Gasteiger partial charge in [-0.15, -0.1) is 0 Å². The number of hydrogen-bond donors (Lipinski definition) is 0. The molecule has 4 rings (SSSR count). The molecule has 7 heteroatoms. The van der Waals surface area contributed by atoms with Crippen molar-refractivity contribution in [2.75, 3.05) is 14.1 Å². The Morgan fingerprint density at radius 2 is 0.720 bits per heavy atom. The van der Waals surface area contributed by atoms with Gasteiger partial charge in [-0.1, -0.05) is 24.3 Å². The van der Waals surface area contributed by atoms with E-state index in [9.17, 15) is 19.2 Å². The minimum absolute atomic E-state index is 0. The van der Waals surface area contributed by atoms with E-state index >= 15 is 0 Å². The fraction of sp³-hybridized carbons (Fsp3) is 0.111. The molecule has 0 fully saturated rings. The first kappa shape index (κ1) is 18.4. The summed E-state index contributed by atoms with van der Waals surface area (Å²) in [5.41, 5.74) is 2.02. The number of rotatable bonds is 0. The molecule has 4 amide bonds. The van der Waals surface area contributed by atoms with Crippen LogP contribution in [0.3, 0.4) is 0 Å². The molecular formula is C18H16N2O4S. The molecule has 25 heavy (non-hydrogen) atoms. The molecule has 2 heterocycles. The van der Waals surface area contributed by atoms with Crippen molar-refractivity contribution < 1.29 is 19.2 Å². The van der Waals surface area contributed by atoms with Crippen molar-refractivity contribution in [1.29, 1.82) is 0 Å². The maximum atomic E-state index is 11.3. The van der Waals surface area contributed by atoms with Crippen LogP contribution in [0.1, 0.15) is 41.4 Å². The summed E-state index contributed by atoms with van der Waals surface area (Å²) in [4.78, 5) is 47.5. The van der Waals surface area contributed by atoms with Crippen LogP contribution in [-0.2, 0) is 0 Å². The fourth-order valence-electron chi connectivity index (χ4n) is 2.62. The van der Waals surface area contributed by atoms with E-state index in [1.165, 1.54) is 14.1 Å². The van der Waals surface area contributed by atoms with E-state index in [2.05, 4.69) is 0 Å². The molecule has 0 atom stereocenters. The molecule has 0 unspecified atom stereocenters. The predicted octanol–water partition coefficient (Wildman–Crippen LogP) is 1.94. The van der Waals surface area contributed by atoms with Crippen molar-refractivity contribution in [3.63, 3.8) is 0 Å². The molecule has 0 saturated heterocycles. The summed E-state index contributed by atoms with van der Waals surface area (Å²) in [6.07, 6.45) is 0. The SMILES string of the molecule is CN1C(=O)c2ccccc2C1=O.CN1C(=O)c2ccccc2C1=O.S. The van der Waals surface area contributed by atoms with Crippen LogP contribution >= 0.6 is 13.5 Å². The summed E-state index contributed by atoms with van der Waals surface area (Å²) in [5.74, 6) is -0.850. The van der Waals surface area contributed by atoms with Gasteiger partial charge in [-0.3, -0.25) is 29.0 Å². The van der Waals surface area contributed by atoms with Gasteiger partial charge in [0.05, 0.1) is 22.3 Å². The highest BCUT2D eigenvalue weighted by molar-refractivity contribution is 7.59. The molecule has 6 nitrogen and oxygen atoms in total. The molecule has 128 valence electrons. The Labute approximate surface area is 151 Å². The number of fused-ring (bicyclic) bond motifs is 2. The van der Waals surface area contributed by atoms with Gasteiger partial charge in [0.2, 0.25) is 0 Å². The lowest BCUT2D eigenvalue weighted by molar-refractivity contribution is 0.0678. The number of nitrogens with zero attached hydrogens (tertiary/aromatic N) is 2. The number of benzene rings is 2. The molecule has 0 radical (unpaired) electrons. The molecule has 2 aliphatic heterocycles.